The SMILES string of the molecule is COc1ccc(C(=O)Nc2nnc(SCC(=O)N3CCc4ccccc43)s2)cc1OC. The van der Waals surface area contributed by atoms with Crippen LogP contribution in [-0.4, -0.2) is 48.5 Å². The van der Waals surface area contributed by atoms with Gasteiger partial charge in [0.1, 0.15) is 0 Å². The number of nitrogens with zero attached hydrogens (tertiary/aromatic N) is 3. The van der Waals surface area contributed by atoms with Crippen molar-refractivity contribution in [3.8, 4) is 11.5 Å². The number of hydrogen-bond acceptors (Lipinski definition) is 8. The fraction of sp³-hybridized carbons (Fsp3) is 0.238. The first-order valence-electron chi connectivity index (χ1n) is 9.47. The Labute approximate surface area is 187 Å². The third kappa shape index (κ3) is 4.64. The highest BCUT2D eigenvalue weighted by Crippen LogP contribution is 2.31. The van der Waals surface area contributed by atoms with Gasteiger partial charge in [0.25, 0.3) is 5.91 Å². The molecule has 1 N–H and O–H groups in total. The fourth-order valence-electron chi connectivity index (χ4n) is 3.26. The number of ether oxygens (including phenoxy) is 2. The largest absolute Gasteiger partial charge is 0.493 e. The van der Waals surface area contributed by atoms with Gasteiger partial charge in [0.2, 0.25) is 11.0 Å². The molecule has 8 nitrogen and oxygen atoms in total. The van der Waals surface area contributed by atoms with Crippen molar-refractivity contribution in [2.24, 2.45) is 0 Å². The van der Waals surface area contributed by atoms with Gasteiger partial charge in [-0.15, -0.1) is 10.2 Å². The second-order valence-electron chi connectivity index (χ2n) is 6.61. The first-order chi connectivity index (χ1) is 15.1. The quantitative estimate of drug-likeness (QED) is 0.430. The molecule has 0 saturated heterocycles. The predicted molar refractivity (Wildman–Crippen MR) is 121 cm³/mol. The normalized spacial score (nSPS) is 12.4. The second kappa shape index (κ2) is 9.36. The van der Waals surface area contributed by atoms with E-state index >= 15 is 0 Å². The van der Waals surface area contributed by atoms with Gasteiger partial charge in [-0.05, 0) is 36.2 Å². The Morgan fingerprint density at radius 1 is 1.13 bits per heavy atom. The summed E-state index contributed by atoms with van der Waals surface area (Å²) >= 11 is 2.54. The van der Waals surface area contributed by atoms with E-state index in [0.717, 1.165) is 12.1 Å². The first-order valence-corrected chi connectivity index (χ1v) is 11.3. The van der Waals surface area contributed by atoms with E-state index in [1.807, 2.05) is 29.2 Å². The van der Waals surface area contributed by atoms with Crippen LogP contribution in [0.2, 0.25) is 0 Å². The van der Waals surface area contributed by atoms with Crippen LogP contribution in [0.3, 0.4) is 0 Å². The van der Waals surface area contributed by atoms with Gasteiger partial charge in [-0.25, -0.2) is 0 Å². The Hall–Kier alpha value is -3.11. The lowest BCUT2D eigenvalue weighted by atomic mass is 10.2. The molecule has 0 unspecified atom stereocenters. The lowest BCUT2D eigenvalue weighted by Crippen LogP contribution is -2.30. The number of nitrogens with one attached hydrogen (secondary N) is 1. The molecule has 160 valence electrons. The van der Waals surface area contributed by atoms with Crippen molar-refractivity contribution in [2.45, 2.75) is 10.8 Å². The standard InChI is InChI=1S/C21H20N4O4S2/c1-28-16-8-7-14(11-17(16)29-2)19(27)22-20-23-24-21(31-20)30-12-18(26)25-10-9-13-5-3-4-6-15(13)25/h3-8,11H,9-10,12H2,1-2H3,(H,22,23,27). The minimum Gasteiger partial charge on any atom is -0.493 e. The van der Waals surface area contributed by atoms with Crippen LogP contribution in [0, 0.1) is 0 Å². The molecule has 4 rings (SSSR count). The van der Waals surface area contributed by atoms with E-state index in [1.54, 1.807) is 18.2 Å². The fourth-order valence-corrected chi connectivity index (χ4v) is 4.89. The molecular weight excluding hydrogens is 436 g/mol. The van der Waals surface area contributed by atoms with Gasteiger partial charge in [0, 0.05) is 17.8 Å². The summed E-state index contributed by atoms with van der Waals surface area (Å²) in [4.78, 5) is 27.0. The maximum atomic E-state index is 12.6. The minimum atomic E-state index is -0.335. The highest BCUT2D eigenvalue weighted by Gasteiger charge is 2.24. The minimum absolute atomic E-state index is 0.0288. The number of para-hydroxylation sites is 1. The summed E-state index contributed by atoms with van der Waals surface area (Å²) in [7, 11) is 3.04. The van der Waals surface area contributed by atoms with Crippen molar-refractivity contribution in [1.82, 2.24) is 10.2 Å². The van der Waals surface area contributed by atoms with Gasteiger partial charge in [-0.1, -0.05) is 41.3 Å². The lowest BCUT2D eigenvalue weighted by Gasteiger charge is -2.16. The van der Waals surface area contributed by atoms with Crippen LogP contribution in [0.25, 0.3) is 0 Å². The molecule has 10 heteroatoms. The maximum absolute atomic E-state index is 12.6. The zero-order valence-electron chi connectivity index (χ0n) is 17.0. The summed E-state index contributed by atoms with van der Waals surface area (Å²) in [6, 6.07) is 12.8. The van der Waals surface area contributed by atoms with E-state index < -0.39 is 0 Å². The van der Waals surface area contributed by atoms with E-state index in [4.69, 9.17) is 9.47 Å². The number of aromatic nitrogens is 2. The summed E-state index contributed by atoms with van der Waals surface area (Å²) < 4.78 is 11.0. The van der Waals surface area contributed by atoms with Crippen LogP contribution in [0.4, 0.5) is 10.8 Å². The van der Waals surface area contributed by atoms with Gasteiger partial charge in [-0.2, -0.15) is 0 Å². The molecule has 2 amide bonds. The highest BCUT2D eigenvalue weighted by molar-refractivity contribution is 8.01. The molecule has 2 heterocycles. The number of fused-ring (bicyclic) bond motifs is 1. The zero-order chi connectivity index (χ0) is 21.8. The average Bonchev–Trinajstić information content (AvgIpc) is 3.43. The van der Waals surface area contributed by atoms with Crippen molar-refractivity contribution >= 4 is 45.7 Å². The number of amides is 2. The van der Waals surface area contributed by atoms with E-state index in [2.05, 4.69) is 15.5 Å². The molecule has 1 aliphatic rings. The lowest BCUT2D eigenvalue weighted by molar-refractivity contribution is -0.116. The molecule has 0 atom stereocenters. The Bertz CT molecular complexity index is 1120. The molecule has 31 heavy (non-hydrogen) atoms. The number of hydrogen-bond donors (Lipinski definition) is 1. The van der Waals surface area contributed by atoms with Crippen molar-refractivity contribution in [3.05, 3.63) is 53.6 Å². The third-order valence-electron chi connectivity index (χ3n) is 4.78. The molecule has 1 aromatic heterocycles. The van der Waals surface area contributed by atoms with Crippen LogP contribution in [0.5, 0.6) is 11.5 Å². The van der Waals surface area contributed by atoms with E-state index in [-0.39, 0.29) is 17.6 Å². The molecule has 1 aliphatic heterocycles. The topological polar surface area (TPSA) is 93.7 Å². The van der Waals surface area contributed by atoms with E-state index in [9.17, 15) is 9.59 Å². The Balaban J connectivity index is 1.34. The van der Waals surface area contributed by atoms with Crippen LogP contribution in [0.1, 0.15) is 15.9 Å². The molecule has 0 fully saturated rings. The number of carbonyl (C=O) groups is 2. The monoisotopic (exact) mass is 456 g/mol. The van der Waals surface area contributed by atoms with Gasteiger partial charge < -0.3 is 14.4 Å². The number of methoxy groups -OCH3 is 2. The van der Waals surface area contributed by atoms with Crippen molar-refractivity contribution in [1.29, 1.82) is 0 Å². The highest BCUT2D eigenvalue weighted by atomic mass is 32.2. The summed E-state index contributed by atoms with van der Waals surface area (Å²) in [5.41, 5.74) is 2.58. The Morgan fingerprint density at radius 3 is 2.74 bits per heavy atom. The van der Waals surface area contributed by atoms with Gasteiger partial charge in [0.05, 0.1) is 20.0 Å². The Kier molecular flexibility index (Phi) is 6.38. The number of carbonyl (C=O) groups excluding carboxylic acids is 2. The van der Waals surface area contributed by atoms with Gasteiger partial charge in [0.15, 0.2) is 15.8 Å². The first kappa shape index (κ1) is 21.1. The molecule has 0 aliphatic carbocycles. The van der Waals surface area contributed by atoms with Crippen LogP contribution >= 0.6 is 23.1 Å². The van der Waals surface area contributed by atoms with Crippen LogP contribution in [-0.2, 0) is 11.2 Å². The van der Waals surface area contributed by atoms with Crippen molar-refractivity contribution in [2.75, 3.05) is 36.7 Å². The zero-order valence-corrected chi connectivity index (χ0v) is 18.6. The maximum Gasteiger partial charge on any atom is 0.257 e. The van der Waals surface area contributed by atoms with Gasteiger partial charge in [-0.3, -0.25) is 14.9 Å². The third-order valence-corrected chi connectivity index (χ3v) is 6.74. The van der Waals surface area contributed by atoms with Crippen molar-refractivity contribution < 1.29 is 19.1 Å². The smallest absolute Gasteiger partial charge is 0.257 e. The van der Waals surface area contributed by atoms with Crippen LogP contribution in [0.15, 0.2) is 46.8 Å². The molecule has 3 aromatic rings. The van der Waals surface area contributed by atoms with Crippen LogP contribution < -0.4 is 19.7 Å². The summed E-state index contributed by atoms with van der Waals surface area (Å²) in [6.45, 7) is 0.696. The molecular formula is C21H20N4O4S2. The molecule has 0 saturated carbocycles. The number of rotatable bonds is 7. The number of benzene rings is 2. The average molecular weight is 457 g/mol. The second-order valence-corrected chi connectivity index (χ2v) is 8.81. The molecule has 0 bridgehead atoms. The van der Waals surface area contributed by atoms with Gasteiger partial charge >= 0.3 is 0 Å². The summed E-state index contributed by atoms with van der Waals surface area (Å²) in [5.74, 6) is 0.955. The number of thioether (sulfide) groups is 1. The predicted octanol–water partition coefficient (Wildman–Crippen LogP) is 3.49. The number of anilines is 2. The molecule has 0 spiro atoms. The molecule has 0 radical (unpaired) electrons. The van der Waals surface area contributed by atoms with E-state index in [1.165, 1.54) is 42.9 Å². The summed E-state index contributed by atoms with van der Waals surface area (Å²) in [5, 5.41) is 11.2. The Morgan fingerprint density at radius 2 is 1.94 bits per heavy atom. The van der Waals surface area contributed by atoms with E-state index in [0.29, 0.717) is 33.1 Å². The molecule has 2 aromatic carbocycles. The summed E-state index contributed by atoms with van der Waals surface area (Å²) in [6.07, 6.45) is 0.873. The van der Waals surface area contributed by atoms with Crippen molar-refractivity contribution in [3.63, 3.8) is 0 Å².